The standard InChI is InChI=1S/C59H41N/c1-4-20-44(21-5-1)50-27-12-13-28-51(50)52-29-15-17-33-56(52)60(49-39-37-43(38-40-49)46-36-35-42-19-10-11-22-45(42)41-46)57-34-18-32-55-58(57)53-30-14-16-31-54(53)59(55,47-23-6-2-7-24-47)48-25-8-3-9-26-48/h1-41H. The summed E-state index contributed by atoms with van der Waals surface area (Å²) in [6.45, 7) is 0. The number of fused-ring (bicyclic) bond motifs is 4. The van der Waals surface area contributed by atoms with E-state index < -0.39 is 5.41 Å². The summed E-state index contributed by atoms with van der Waals surface area (Å²) in [4.78, 5) is 2.50. The highest BCUT2D eigenvalue weighted by Crippen LogP contribution is 2.60. The molecule has 0 N–H and O–H groups in total. The molecule has 10 aromatic carbocycles. The zero-order chi connectivity index (χ0) is 39.9. The van der Waals surface area contributed by atoms with Gasteiger partial charge in [-0.2, -0.15) is 0 Å². The molecule has 10 aromatic rings. The summed E-state index contributed by atoms with van der Waals surface area (Å²) in [6.07, 6.45) is 0. The van der Waals surface area contributed by atoms with Crippen molar-refractivity contribution in [1.82, 2.24) is 0 Å². The Morgan fingerprint density at radius 1 is 0.283 bits per heavy atom. The van der Waals surface area contributed by atoms with E-state index in [0.29, 0.717) is 0 Å². The van der Waals surface area contributed by atoms with Gasteiger partial charge in [0.05, 0.1) is 16.8 Å². The maximum atomic E-state index is 2.50. The number of anilines is 3. The van der Waals surface area contributed by atoms with Crippen LogP contribution in [0, 0.1) is 0 Å². The van der Waals surface area contributed by atoms with Crippen LogP contribution in [0.4, 0.5) is 17.1 Å². The van der Waals surface area contributed by atoms with Crippen molar-refractivity contribution in [3.63, 3.8) is 0 Å². The largest absolute Gasteiger partial charge is 0.309 e. The van der Waals surface area contributed by atoms with Crippen molar-refractivity contribution in [2.75, 3.05) is 4.90 Å². The van der Waals surface area contributed by atoms with Crippen molar-refractivity contribution in [1.29, 1.82) is 0 Å². The van der Waals surface area contributed by atoms with Crippen molar-refractivity contribution in [2.24, 2.45) is 0 Å². The first kappa shape index (κ1) is 35.4. The number of benzene rings is 10. The fourth-order valence-electron chi connectivity index (χ4n) is 9.72. The van der Waals surface area contributed by atoms with Crippen LogP contribution in [0.3, 0.4) is 0 Å². The van der Waals surface area contributed by atoms with Crippen molar-refractivity contribution in [3.8, 4) is 44.5 Å². The Morgan fingerprint density at radius 3 is 1.52 bits per heavy atom. The molecule has 0 bridgehead atoms. The lowest BCUT2D eigenvalue weighted by atomic mass is 9.68. The summed E-state index contributed by atoms with van der Waals surface area (Å²) in [5.74, 6) is 0. The third-order valence-corrected chi connectivity index (χ3v) is 12.4. The van der Waals surface area contributed by atoms with Crippen LogP contribution in [-0.4, -0.2) is 0 Å². The first-order valence-electron chi connectivity index (χ1n) is 20.8. The van der Waals surface area contributed by atoms with Crippen molar-refractivity contribution < 1.29 is 0 Å². The number of nitrogens with zero attached hydrogens (tertiary/aromatic N) is 1. The molecule has 0 fully saturated rings. The molecular weight excluding hydrogens is 723 g/mol. The smallest absolute Gasteiger partial charge is 0.0714 e. The third-order valence-electron chi connectivity index (χ3n) is 12.4. The summed E-state index contributed by atoms with van der Waals surface area (Å²) < 4.78 is 0. The molecule has 11 rings (SSSR count). The van der Waals surface area contributed by atoms with E-state index in [2.05, 4.69) is 254 Å². The van der Waals surface area contributed by atoms with E-state index >= 15 is 0 Å². The lowest BCUT2D eigenvalue weighted by Crippen LogP contribution is -2.28. The molecule has 1 nitrogen and oxygen atoms in total. The quantitative estimate of drug-likeness (QED) is 0.149. The van der Waals surface area contributed by atoms with Gasteiger partial charge in [-0.25, -0.2) is 0 Å². The van der Waals surface area contributed by atoms with Gasteiger partial charge in [-0.1, -0.05) is 218 Å². The van der Waals surface area contributed by atoms with E-state index in [1.54, 1.807) is 0 Å². The summed E-state index contributed by atoms with van der Waals surface area (Å²) in [5.41, 5.74) is 17.5. The Bertz CT molecular complexity index is 3090. The summed E-state index contributed by atoms with van der Waals surface area (Å²) in [5, 5.41) is 2.49. The molecule has 0 amide bonds. The van der Waals surface area contributed by atoms with E-state index in [4.69, 9.17) is 0 Å². The van der Waals surface area contributed by atoms with E-state index in [9.17, 15) is 0 Å². The molecular formula is C59H41N. The highest BCUT2D eigenvalue weighted by atomic mass is 15.1. The molecule has 0 saturated heterocycles. The Balaban J connectivity index is 1.18. The second kappa shape index (κ2) is 14.9. The van der Waals surface area contributed by atoms with Crippen molar-refractivity contribution in [2.45, 2.75) is 5.41 Å². The third kappa shape index (κ3) is 5.78. The first-order chi connectivity index (χ1) is 29.8. The Morgan fingerprint density at radius 2 is 0.800 bits per heavy atom. The van der Waals surface area contributed by atoms with Gasteiger partial charge in [0, 0.05) is 16.8 Å². The van der Waals surface area contributed by atoms with Gasteiger partial charge in [-0.15, -0.1) is 0 Å². The lowest BCUT2D eigenvalue weighted by molar-refractivity contribution is 0.768. The van der Waals surface area contributed by atoms with Crippen LogP contribution >= 0.6 is 0 Å². The Labute approximate surface area is 352 Å². The molecule has 1 aliphatic carbocycles. The zero-order valence-electron chi connectivity index (χ0n) is 33.1. The first-order valence-corrected chi connectivity index (χ1v) is 20.8. The van der Waals surface area contributed by atoms with Gasteiger partial charge in [0.2, 0.25) is 0 Å². The van der Waals surface area contributed by atoms with Gasteiger partial charge in [0.25, 0.3) is 0 Å². The van der Waals surface area contributed by atoms with Crippen molar-refractivity contribution in [3.05, 3.63) is 271 Å². The molecule has 0 atom stereocenters. The van der Waals surface area contributed by atoms with Gasteiger partial charge >= 0.3 is 0 Å². The second-order valence-corrected chi connectivity index (χ2v) is 15.6. The maximum Gasteiger partial charge on any atom is 0.0714 e. The summed E-state index contributed by atoms with van der Waals surface area (Å²) >= 11 is 0. The highest BCUT2D eigenvalue weighted by molar-refractivity contribution is 6.01. The van der Waals surface area contributed by atoms with Crippen LogP contribution in [0.1, 0.15) is 22.3 Å². The summed E-state index contributed by atoms with van der Waals surface area (Å²) in [7, 11) is 0. The molecule has 282 valence electrons. The van der Waals surface area contributed by atoms with Crippen LogP contribution in [0.25, 0.3) is 55.3 Å². The molecule has 0 radical (unpaired) electrons. The fraction of sp³-hybridized carbons (Fsp3) is 0.0169. The minimum absolute atomic E-state index is 0.518. The van der Waals surface area contributed by atoms with Crippen LogP contribution in [-0.2, 0) is 5.41 Å². The molecule has 1 aliphatic rings. The van der Waals surface area contributed by atoms with Crippen LogP contribution in [0.15, 0.2) is 249 Å². The number of hydrogen-bond donors (Lipinski definition) is 0. The van der Waals surface area contributed by atoms with E-state index in [0.717, 1.165) is 22.6 Å². The van der Waals surface area contributed by atoms with Gasteiger partial charge in [0.15, 0.2) is 0 Å². The Kier molecular flexibility index (Phi) is 8.79. The molecule has 0 aliphatic heterocycles. The molecule has 0 saturated carbocycles. The molecule has 0 spiro atoms. The minimum Gasteiger partial charge on any atom is -0.309 e. The Hall–Kier alpha value is -7.74. The van der Waals surface area contributed by atoms with Crippen LogP contribution in [0.5, 0.6) is 0 Å². The average molecular weight is 764 g/mol. The molecule has 0 heterocycles. The fourth-order valence-corrected chi connectivity index (χ4v) is 9.72. The van der Waals surface area contributed by atoms with E-state index in [1.807, 2.05) is 0 Å². The topological polar surface area (TPSA) is 3.24 Å². The van der Waals surface area contributed by atoms with Gasteiger partial charge in [-0.05, 0) is 96.7 Å². The van der Waals surface area contributed by atoms with Gasteiger partial charge in [0.1, 0.15) is 0 Å². The number of hydrogen-bond acceptors (Lipinski definition) is 1. The normalized spacial score (nSPS) is 12.5. The molecule has 0 aromatic heterocycles. The zero-order valence-corrected chi connectivity index (χ0v) is 33.1. The summed E-state index contributed by atoms with van der Waals surface area (Å²) in [6, 6.07) is 91.1. The maximum absolute atomic E-state index is 2.50. The SMILES string of the molecule is c1ccc(-c2ccccc2-c2ccccc2N(c2ccc(-c3ccc4ccccc4c3)cc2)c2cccc3c2-c2ccccc2C3(c2ccccc2)c2ccccc2)cc1. The van der Waals surface area contributed by atoms with Crippen molar-refractivity contribution >= 4 is 27.8 Å². The molecule has 1 heteroatoms. The van der Waals surface area contributed by atoms with Crippen LogP contribution < -0.4 is 4.90 Å². The highest BCUT2D eigenvalue weighted by Gasteiger charge is 2.47. The van der Waals surface area contributed by atoms with Gasteiger partial charge < -0.3 is 4.90 Å². The molecule has 0 unspecified atom stereocenters. The van der Waals surface area contributed by atoms with E-state index in [-0.39, 0.29) is 0 Å². The van der Waals surface area contributed by atoms with Gasteiger partial charge in [-0.3, -0.25) is 0 Å². The predicted molar refractivity (Wildman–Crippen MR) is 252 cm³/mol. The number of para-hydroxylation sites is 1. The minimum atomic E-state index is -0.518. The monoisotopic (exact) mass is 763 g/mol. The second-order valence-electron chi connectivity index (χ2n) is 15.6. The number of rotatable bonds is 8. The predicted octanol–water partition coefficient (Wildman–Crippen LogP) is 15.7. The molecule has 60 heavy (non-hydrogen) atoms. The average Bonchev–Trinajstić information content (AvgIpc) is 3.64. The van der Waals surface area contributed by atoms with E-state index in [1.165, 1.54) is 72.0 Å². The van der Waals surface area contributed by atoms with Crippen LogP contribution in [0.2, 0.25) is 0 Å². The lowest BCUT2D eigenvalue weighted by Gasteiger charge is -2.34.